The van der Waals surface area contributed by atoms with E-state index in [0.717, 1.165) is 11.1 Å². The summed E-state index contributed by atoms with van der Waals surface area (Å²) in [5.41, 5.74) is 1.77. The molecule has 0 aromatic heterocycles. The third-order valence-corrected chi connectivity index (χ3v) is 4.43. The fraction of sp³-hybridized carbons (Fsp3) is 0.211. The lowest BCUT2D eigenvalue weighted by atomic mass is 9.82. The molecule has 128 valence electrons. The molecule has 1 atom stereocenters. The Morgan fingerprint density at radius 2 is 1.80 bits per heavy atom. The van der Waals surface area contributed by atoms with Crippen molar-refractivity contribution in [2.75, 3.05) is 13.9 Å². The van der Waals surface area contributed by atoms with Crippen LogP contribution in [0.25, 0.3) is 0 Å². The Labute approximate surface area is 144 Å². The summed E-state index contributed by atoms with van der Waals surface area (Å²) in [6.07, 6.45) is 0. The molecule has 6 nitrogen and oxygen atoms in total. The standard InChI is InChI=1S/C19H16O6/c1-10-17(19(20)21)18(11-3-5-12(22-2)6-4-11)13-7-15-16(24-9-23-15)8-14(13)25-10/h3-8,18H,9H2,1-2H3,(H,20,21)/t18-/m1/s1. The number of carbonyl (C=O) groups is 1. The summed E-state index contributed by atoms with van der Waals surface area (Å²) in [7, 11) is 1.59. The topological polar surface area (TPSA) is 74.2 Å². The van der Waals surface area contributed by atoms with Gasteiger partial charge in [0.25, 0.3) is 0 Å². The van der Waals surface area contributed by atoms with Gasteiger partial charge in [0.15, 0.2) is 11.5 Å². The van der Waals surface area contributed by atoms with E-state index in [9.17, 15) is 9.90 Å². The maximum absolute atomic E-state index is 11.9. The van der Waals surface area contributed by atoms with E-state index in [2.05, 4.69) is 0 Å². The van der Waals surface area contributed by atoms with E-state index in [1.165, 1.54) is 0 Å². The second-order valence-electron chi connectivity index (χ2n) is 5.83. The van der Waals surface area contributed by atoms with Crippen molar-refractivity contribution in [1.29, 1.82) is 0 Å². The Kier molecular flexibility index (Phi) is 3.53. The molecular formula is C19H16O6. The van der Waals surface area contributed by atoms with Gasteiger partial charge in [0.1, 0.15) is 17.3 Å². The fourth-order valence-electron chi connectivity index (χ4n) is 3.25. The molecular weight excluding hydrogens is 324 g/mol. The highest BCUT2D eigenvalue weighted by Crippen LogP contribution is 2.48. The van der Waals surface area contributed by atoms with Crippen LogP contribution in [0.1, 0.15) is 24.0 Å². The smallest absolute Gasteiger partial charge is 0.335 e. The average Bonchev–Trinajstić information content (AvgIpc) is 3.06. The van der Waals surface area contributed by atoms with E-state index >= 15 is 0 Å². The molecule has 0 saturated carbocycles. The lowest BCUT2D eigenvalue weighted by Gasteiger charge is -2.28. The first kappa shape index (κ1) is 15.4. The van der Waals surface area contributed by atoms with Gasteiger partial charge in [-0.05, 0) is 30.7 Å². The maximum Gasteiger partial charge on any atom is 0.335 e. The Balaban J connectivity index is 1.90. The number of rotatable bonds is 3. The summed E-state index contributed by atoms with van der Waals surface area (Å²) in [4.78, 5) is 11.9. The van der Waals surface area contributed by atoms with Gasteiger partial charge < -0.3 is 24.1 Å². The van der Waals surface area contributed by atoms with Crippen LogP contribution >= 0.6 is 0 Å². The zero-order valence-corrected chi connectivity index (χ0v) is 13.7. The van der Waals surface area contributed by atoms with E-state index < -0.39 is 11.9 Å². The van der Waals surface area contributed by atoms with Gasteiger partial charge in [-0.15, -0.1) is 0 Å². The lowest BCUT2D eigenvalue weighted by molar-refractivity contribution is -0.133. The van der Waals surface area contributed by atoms with Gasteiger partial charge in [-0.1, -0.05) is 12.1 Å². The van der Waals surface area contributed by atoms with Crippen molar-refractivity contribution < 1.29 is 28.8 Å². The van der Waals surface area contributed by atoms with Crippen LogP contribution in [-0.2, 0) is 4.79 Å². The SMILES string of the molecule is COc1ccc([C@H]2C(C(=O)O)=C(C)Oc3cc4c(cc32)OCO4)cc1. The molecule has 1 N–H and O–H groups in total. The average molecular weight is 340 g/mol. The minimum Gasteiger partial charge on any atom is -0.497 e. The van der Waals surface area contributed by atoms with Crippen LogP contribution in [0.15, 0.2) is 47.7 Å². The molecule has 2 aliphatic rings. The largest absolute Gasteiger partial charge is 0.497 e. The van der Waals surface area contributed by atoms with Gasteiger partial charge in [0.2, 0.25) is 6.79 Å². The van der Waals surface area contributed by atoms with Gasteiger partial charge in [0.05, 0.1) is 12.7 Å². The van der Waals surface area contributed by atoms with Gasteiger partial charge in [0, 0.05) is 17.5 Å². The molecule has 0 fully saturated rings. The summed E-state index contributed by atoms with van der Waals surface area (Å²) in [6.45, 7) is 1.80. The fourth-order valence-corrected chi connectivity index (χ4v) is 3.25. The number of carboxylic acid groups (broad SMARTS) is 1. The number of allylic oxidation sites excluding steroid dienone is 1. The molecule has 0 unspecified atom stereocenters. The highest BCUT2D eigenvalue weighted by molar-refractivity contribution is 5.91. The molecule has 0 bridgehead atoms. The number of hydrogen-bond donors (Lipinski definition) is 1. The van der Waals surface area contributed by atoms with Gasteiger partial charge in [-0.2, -0.15) is 0 Å². The quantitative estimate of drug-likeness (QED) is 0.924. The Morgan fingerprint density at radius 3 is 2.44 bits per heavy atom. The van der Waals surface area contributed by atoms with Crippen LogP contribution in [0.3, 0.4) is 0 Å². The number of carboxylic acids is 1. The first-order chi connectivity index (χ1) is 12.1. The molecule has 2 aromatic rings. The lowest BCUT2D eigenvalue weighted by Crippen LogP contribution is -2.21. The summed E-state index contributed by atoms with van der Waals surface area (Å²) < 4.78 is 21.8. The Morgan fingerprint density at radius 1 is 1.12 bits per heavy atom. The molecule has 2 heterocycles. The predicted octanol–water partition coefficient (Wildman–Crippen LogP) is 3.31. The van der Waals surface area contributed by atoms with E-state index in [1.54, 1.807) is 26.2 Å². The van der Waals surface area contributed by atoms with E-state index in [-0.39, 0.29) is 12.4 Å². The molecule has 4 rings (SSSR count). The summed E-state index contributed by atoms with van der Waals surface area (Å²) in [5, 5.41) is 9.74. The monoisotopic (exact) mass is 340 g/mol. The van der Waals surface area contributed by atoms with Crippen LogP contribution < -0.4 is 18.9 Å². The molecule has 25 heavy (non-hydrogen) atoms. The number of ether oxygens (including phenoxy) is 4. The van der Waals surface area contributed by atoms with Gasteiger partial charge in [-0.25, -0.2) is 4.79 Å². The van der Waals surface area contributed by atoms with Crippen LogP contribution in [-0.4, -0.2) is 25.0 Å². The van der Waals surface area contributed by atoms with Crippen molar-refractivity contribution in [2.45, 2.75) is 12.8 Å². The third-order valence-electron chi connectivity index (χ3n) is 4.43. The van der Waals surface area contributed by atoms with Gasteiger partial charge in [-0.3, -0.25) is 0 Å². The molecule has 6 heteroatoms. The molecule has 0 amide bonds. The van der Waals surface area contributed by atoms with Gasteiger partial charge >= 0.3 is 5.97 Å². The van der Waals surface area contributed by atoms with Crippen molar-refractivity contribution in [1.82, 2.24) is 0 Å². The number of aliphatic carboxylic acids is 1. The molecule has 0 aliphatic carbocycles. The Hall–Kier alpha value is -3.15. The second kappa shape index (κ2) is 5.73. The Bertz CT molecular complexity index is 882. The minimum absolute atomic E-state index is 0.142. The second-order valence-corrected chi connectivity index (χ2v) is 5.83. The van der Waals surface area contributed by atoms with Crippen LogP contribution in [0.5, 0.6) is 23.0 Å². The molecule has 0 spiro atoms. The normalized spacial score (nSPS) is 17.8. The zero-order valence-electron chi connectivity index (χ0n) is 13.7. The highest BCUT2D eigenvalue weighted by atomic mass is 16.7. The third kappa shape index (κ3) is 2.46. The van der Waals surface area contributed by atoms with Crippen molar-refractivity contribution in [3.05, 3.63) is 58.9 Å². The zero-order chi connectivity index (χ0) is 17.6. The van der Waals surface area contributed by atoms with E-state index in [4.69, 9.17) is 18.9 Å². The molecule has 2 aromatic carbocycles. The van der Waals surface area contributed by atoms with Crippen molar-refractivity contribution in [3.63, 3.8) is 0 Å². The summed E-state index contributed by atoms with van der Waals surface area (Å²) in [6, 6.07) is 10.9. The molecule has 2 aliphatic heterocycles. The summed E-state index contributed by atoms with van der Waals surface area (Å²) >= 11 is 0. The van der Waals surface area contributed by atoms with Crippen molar-refractivity contribution in [2.24, 2.45) is 0 Å². The predicted molar refractivity (Wildman–Crippen MR) is 88.4 cm³/mol. The van der Waals surface area contributed by atoms with E-state index in [1.807, 2.05) is 24.3 Å². The number of methoxy groups -OCH3 is 1. The highest BCUT2D eigenvalue weighted by Gasteiger charge is 2.35. The van der Waals surface area contributed by atoms with Crippen molar-refractivity contribution in [3.8, 4) is 23.0 Å². The van der Waals surface area contributed by atoms with Crippen LogP contribution in [0, 0.1) is 0 Å². The van der Waals surface area contributed by atoms with Crippen LogP contribution in [0.2, 0.25) is 0 Å². The number of fused-ring (bicyclic) bond motifs is 2. The molecule has 0 radical (unpaired) electrons. The number of benzene rings is 2. The summed E-state index contributed by atoms with van der Waals surface area (Å²) in [5.74, 6) is 1.35. The minimum atomic E-state index is -1.01. The van der Waals surface area contributed by atoms with Crippen molar-refractivity contribution >= 4 is 5.97 Å². The van der Waals surface area contributed by atoms with E-state index in [0.29, 0.717) is 28.8 Å². The first-order valence-corrected chi connectivity index (χ1v) is 7.78. The maximum atomic E-state index is 11.9. The number of hydrogen-bond acceptors (Lipinski definition) is 5. The van der Waals surface area contributed by atoms with Crippen LogP contribution in [0.4, 0.5) is 0 Å². The first-order valence-electron chi connectivity index (χ1n) is 7.78. The molecule has 0 saturated heterocycles.